The Morgan fingerprint density at radius 3 is 1.88 bits per heavy atom. The highest BCUT2D eigenvalue weighted by Gasteiger charge is 2.36. The van der Waals surface area contributed by atoms with Gasteiger partial charge in [0.05, 0.1) is 31.5 Å². The Balaban J connectivity index is 2.48. The van der Waals surface area contributed by atoms with E-state index in [-0.39, 0.29) is 25.9 Å². The van der Waals surface area contributed by atoms with Crippen molar-refractivity contribution in [3.05, 3.63) is 0 Å². The third-order valence-corrected chi connectivity index (χ3v) is 4.01. The molecule has 1 aliphatic rings. The first-order valence-corrected chi connectivity index (χ1v) is 6.22. The van der Waals surface area contributed by atoms with E-state index in [1.54, 1.807) is 0 Å². The van der Waals surface area contributed by atoms with Crippen LogP contribution in [0.25, 0.3) is 0 Å². The third kappa shape index (κ3) is 3.89. The van der Waals surface area contributed by atoms with Gasteiger partial charge in [-0.3, -0.25) is 0 Å². The molecule has 0 unspecified atom stereocenters. The molecular formula is C12H24O5. The van der Waals surface area contributed by atoms with Crippen LogP contribution in [0.1, 0.15) is 38.5 Å². The lowest BCUT2D eigenvalue weighted by Crippen LogP contribution is -2.40. The summed E-state index contributed by atoms with van der Waals surface area (Å²) in [7, 11) is 0. The molecular weight excluding hydrogens is 224 g/mol. The molecule has 1 rings (SSSR count). The highest BCUT2D eigenvalue weighted by Crippen LogP contribution is 2.35. The van der Waals surface area contributed by atoms with E-state index in [1.807, 2.05) is 0 Å². The summed E-state index contributed by atoms with van der Waals surface area (Å²) in [5.41, 5.74) is -1.74. The van der Waals surface area contributed by atoms with Crippen LogP contribution in [0.3, 0.4) is 0 Å². The molecule has 17 heavy (non-hydrogen) atoms. The Morgan fingerprint density at radius 1 is 1.00 bits per heavy atom. The first-order valence-electron chi connectivity index (χ1n) is 6.22. The van der Waals surface area contributed by atoms with E-state index in [0.717, 1.165) is 0 Å². The van der Waals surface area contributed by atoms with Crippen LogP contribution in [-0.4, -0.2) is 57.1 Å². The fraction of sp³-hybridized carbons (Fsp3) is 1.00. The van der Waals surface area contributed by atoms with Gasteiger partial charge in [0.25, 0.3) is 0 Å². The summed E-state index contributed by atoms with van der Waals surface area (Å²) in [5, 5.41) is 47.2. The van der Waals surface area contributed by atoms with Crippen molar-refractivity contribution >= 4 is 0 Å². The van der Waals surface area contributed by atoms with E-state index >= 15 is 0 Å². The van der Waals surface area contributed by atoms with E-state index in [0.29, 0.717) is 38.5 Å². The number of hydrogen-bond acceptors (Lipinski definition) is 5. The molecule has 0 amide bonds. The van der Waals surface area contributed by atoms with E-state index in [4.69, 9.17) is 0 Å². The lowest BCUT2D eigenvalue weighted by molar-refractivity contribution is -0.0630. The van der Waals surface area contributed by atoms with Crippen molar-refractivity contribution in [2.24, 2.45) is 5.41 Å². The van der Waals surface area contributed by atoms with E-state index < -0.39 is 11.0 Å². The zero-order chi connectivity index (χ0) is 12.9. The predicted molar refractivity (Wildman–Crippen MR) is 62.3 cm³/mol. The second kappa shape index (κ2) is 6.11. The van der Waals surface area contributed by atoms with E-state index in [2.05, 4.69) is 0 Å². The molecule has 0 bridgehead atoms. The largest absolute Gasteiger partial charge is 0.396 e. The first-order chi connectivity index (χ1) is 7.99. The van der Waals surface area contributed by atoms with Crippen LogP contribution in [0.5, 0.6) is 0 Å². The van der Waals surface area contributed by atoms with Crippen LogP contribution in [-0.2, 0) is 0 Å². The zero-order valence-corrected chi connectivity index (χ0v) is 10.2. The molecule has 1 saturated carbocycles. The van der Waals surface area contributed by atoms with Crippen molar-refractivity contribution in [3.8, 4) is 0 Å². The average molecular weight is 248 g/mol. The minimum absolute atomic E-state index is 0.293. The second-order valence-corrected chi connectivity index (χ2v) is 5.43. The van der Waals surface area contributed by atoms with Gasteiger partial charge in [0, 0.05) is 5.41 Å². The van der Waals surface area contributed by atoms with Crippen molar-refractivity contribution in [1.82, 2.24) is 0 Å². The van der Waals surface area contributed by atoms with Gasteiger partial charge in [0.2, 0.25) is 0 Å². The van der Waals surface area contributed by atoms with Crippen molar-refractivity contribution in [1.29, 1.82) is 0 Å². The summed E-state index contributed by atoms with van der Waals surface area (Å²) >= 11 is 0. The maximum Gasteiger partial charge on any atom is 0.0650 e. The van der Waals surface area contributed by atoms with Gasteiger partial charge in [0.15, 0.2) is 0 Å². The standard InChI is InChI=1S/C12H24O5/c13-7-11(8-14,9-15)5-6-12(17)3-1-10(16)2-4-12/h10,13-17H,1-9H2. The summed E-state index contributed by atoms with van der Waals surface area (Å²) < 4.78 is 0. The number of hydrogen-bond donors (Lipinski definition) is 5. The minimum atomic E-state index is -0.911. The molecule has 0 radical (unpaired) electrons. The number of rotatable bonds is 6. The van der Waals surface area contributed by atoms with Crippen LogP contribution in [0.4, 0.5) is 0 Å². The molecule has 0 aliphatic heterocycles. The Kier molecular flexibility index (Phi) is 5.34. The molecule has 1 fully saturated rings. The molecule has 0 aromatic carbocycles. The summed E-state index contributed by atoms with van der Waals surface area (Å²) in [6.45, 7) is -0.879. The van der Waals surface area contributed by atoms with Crippen molar-refractivity contribution in [2.75, 3.05) is 19.8 Å². The number of aliphatic hydroxyl groups is 5. The smallest absolute Gasteiger partial charge is 0.0650 e. The van der Waals surface area contributed by atoms with Gasteiger partial charge in [-0.2, -0.15) is 0 Å². The Labute approximate surface area is 102 Å². The Bertz CT molecular complexity index is 211. The molecule has 5 heteroatoms. The maximum absolute atomic E-state index is 10.3. The SMILES string of the molecule is OCC(CO)(CO)CCC1(O)CCC(O)CC1. The summed E-state index contributed by atoms with van der Waals surface area (Å²) in [6.07, 6.45) is 2.72. The van der Waals surface area contributed by atoms with E-state index in [1.165, 1.54) is 0 Å². The Morgan fingerprint density at radius 2 is 1.47 bits per heavy atom. The van der Waals surface area contributed by atoms with Gasteiger partial charge in [-0.05, 0) is 38.5 Å². The monoisotopic (exact) mass is 248 g/mol. The first kappa shape index (κ1) is 14.9. The third-order valence-electron chi connectivity index (χ3n) is 4.01. The Hall–Kier alpha value is -0.200. The van der Waals surface area contributed by atoms with Gasteiger partial charge in [-0.25, -0.2) is 0 Å². The van der Waals surface area contributed by atoms with Gasteiger partial charge < -0.3 is 25.5 Å². The molecule has 5 nitrogen and oxygen atoms in total. The fourth-order valence-corrected chi connectivity index (χ4v) is 2.27. The highest BCUT2D eigenvalue weighted by molar-refractivity contribution is 4.88. The van der Waals surface area contributed by atoms with Crippen LogP contribution in [0.2, 0.25) is 0 Å². The van der Waals surface area contributed by atoms with Crippen LogP contribution >= 0.6 is 0 Å². The topological polar surface area (TPSA) is 101 Å². The molecule has 102 valence electrons. The molecule has 0 saturated heterocycles. The van der Waals surface area contributed by atoms with Crippen molar-refractivity contribution in [2.45, 2.75) is 50.2 Å². The molecule has 0 aromatic heterocycles. The summed E-state index contributed by atoms with van der Waals surface area (Å²) in [5.74, 6) is 0. The van der Waals surface area contributed by atoms with Gasteiger partial charge >= 0.3 is 0 Å². The van der Waals surface area contributed by atoms with Crippen LogP contribution < -0.4 is 0 Å². The molecule has 5 N–H and O–H groups in total. The highest BCUT2D eigenvalue weighted by atomic mass is 16.3. The average Bonchev–Trinajstić information content (AvgIpc) is 2.36. The van der Waals surface area contributed by atoms with Crippen LogP contribution in [0, 0.1) is 5.41 Å². The molecule has 0 heterocycles. The number of aliphatic hydroxyl groups excluding tert-OH is 4. The lowest BCUT2D eigenvalue weighted by Gasteiger charge is -2.37. The molecule has 0 spiro atoms. The zero-order valence-electron chi connectivity index (χ0n) is 10.2. The normalized spacial score (nSPS) is 30.5. The predicted octanol–water partition coefficient (Wildman–Crippen LogP) is -0.604. The minimum Gasteiger partial charge on any atom is -0.396 e. The molecule has 0 aromatic rings. The quantitative estimate of drug-likeness (QED) is 0.432. The summed E-state index contributed by atoms with van der Waals surface area (Å²) in [4.78, 5) is 0. The fourth-order valence-electron chi connectivity index (χ4n) is 2.27. The van der Waals surface area contributed by atoms with Crippen molar-refractivity contribution in [3.63, 3.8) is 0 Å². The maximum atomic E-state index is 10.3. The van der Waals surface area contributed by atoms with Gasteiger partial charge in [-0.1, -0.05) is 0 Å². The summed E-state index contributed by atoms with van der Waals surface area (Å²) in [6, 6.07) is 0. The molecule has 0 atom stereocenters. The molecule has 1 aliphatic carbocycles. The van der Waals surface area contributed by atoms with Crippen molar-refractivity contribution < 1.29 is 25.5 Å². The van der Waals surface area contributed by atoms with Crippen LogP contribution in [0.15, 0.2) is 0 Å². The lowest BCUT2D eigenvalue weighted by atomic mass is 9.75. The van der Waals surface area contributed by atoms with Gasteiger partial charge in [0.1, 0.15) is 0 Å². The van der Waals surface area contributed by atoms with Gasteiger partial charge in [-0.15, -0.1) is 0 Å². The second-order valence-electron chi connectivity index (χ2n) is 5.43. The van der Waals surface area contributed by atoms with E-state index in [9.17, 15) is 25.5 Å².